The van der Waals surface area contributed by atoms with Crippen LogP contribution in [0.25, 0.3) is 0 Å². The van der Waals surface area contributed by atoms with Gasteiger partial charge in [-0.15, -0.1) is 0 Å². The highest BCUT2D eigenvalue weighted by atomic mass is 79.9. The van der Waals surface area contributed by atoms with Crippen molar-refractivity contribution in [3.05, 3.63) is 34.1 Å². The summed E-state index contributed by atoms with van der Waals surface area (Å²) in [5.41, 5.74) is 1.06. The molecule has 96 valence electrons. The van der Waals surface area contributed by atoms with Crippen LogP contribution in [0.5, 0.6) is 0 Å². The molecule has 1 aromatic rings. The van der Waals surface area contributed by atoms with E-state index in [1.807, 2.05) is 6.07 Å². The van der Waals surface area contributed by atoms with E-state index in [0.29, 0.717) is 16.4 Å². The maximum Gasteiger partial charge on any atom is 0.137 e. The summed E-state index contributed by atoms with van der Waals surface area (Å²) in [6, 6.07) is 5.76. The Morgan fingerprint density at radius 1 is 1.35 bits per heavy atom. The van der Waals surface area contributed by atoms with E-state index < -0.39 is 0 Å². The van der Waals surface area contributed by atoms with E-state index in [1.54, 1.807) is 6.07 Å². The minimum absolute atomic E-state index is 0.172. The summed E-state index contributed by atoms with van der Waals surface area (Å²) in [6.07, 6.45) is 2.02. The second kappa shape index (κ2) is 7.12. The number of halogens is 2. The molecule has 17 heavy (non-hydrogen) atoms. The van der Waals surface area contributed by atoms with Crippen molar-refractivity contribution in [2.24, 2.45) is 5.92 Å². The quantitative estimate of drug-likeness (QED) is 0.832. The van der Waals surface area contributed by atoms with Gasteiger partial charge in [0.1, 0.15) is 5.82 Å². The molecule has 1 N–H and O–H groups in total. The largest absolute Gasteiger partial charge is 0.315 e. The van der Waals surface area contributed by atoms with Gasteiger partial charge < -0.3 is 5.32 Å². The van der Waals surface area contributed by atoms with Crippen LogP contribution in [-0.2, 0) is 6.42 Å². The maximum absolute atomic E-state index is 13.4. The van der Waals surface area contributed by atoms with Crippen LogP contribution in [0.2, 0.25) is 0 Å². The summed E-state index contributed by atoms with van der Waals surface area (Å²) in [5.74, 6) is 0.372. The highest BCUT2D eigenvalue weighted by Gasteiger charge is 2.12. The molecule has 2 atom stereocenters. The SMILES string of the molecule is CCNC(C)CC(C)Cc1cccc(F)c1Br. The van der Waals surface area contributed by atoms with E-state index >= 15 is 0 Å². The lowest BCUT2D eigenvalue weighted by Gasteiger charge is -2.18. The van der Waals surface area contributed by atoms with Crippen molar-refractivity contribution in [3.63, 3.8) is 0 Å². The molecule has 3 heteroatoms. The second-order valence-corrected chi connectivity index (χ2v) is 5.51. The molecule has 0 amide bonds. The Labute approximate surface area is 112 Å². The van der Waals surface area contributed by atoms with Crippen LogP contribution >= 0.6 is 15.9 Å². The van der Waals surface area contributed by atoms with E-state index in [-0.39, 0.29) is 5.82 Å². The Morgan fingerprint density at radius 2 is 2.06 bits per heavy atom. The Bertz CT molecular complexity index is 354. The van der Waals surface area contributed by atoms with Crippen molar-refractivity contribution < 1.29 is 4.39 Å². The molecule has 0 aliphatic carbocycles. The van der Waals surface area contributed by atoms with E-state index in [4.69, 9.17) is 0 Å². The van der Waals surface area contributed by atoms with Crippen LogP contribution < -0.4 is 5.32 Å². The fraction of sp³-hybridized carbons (Fsp3) is 0.571. The fourth-order valence-electron chi connectivity index (χ4n) is 2.20. The minimum Gasteiger partial charge on any atom is -0.315 e. The monoisotopic (exact) mass is 301 g/mol. The molecule has 0 bridgehead atoms. The topological polar surface area (TPSA) is 12.0 Å². The van der Waals surface area contributed by atoms with Crippen LogP contribution in [0, 0.1) is 11.7 Å². The first kappa shape index (κ1) is 14.7. The Hall–Kier alpha value is -0.410. The predicted molar refractivity (Wildman–Crippen MR) is 74.7 cm³/mol. The number of hydrogen-bond donors (Lipinski definition) is 1. The molecule has 1 nitrogen and oxygen atoms in total. The van der Waals surface area contributed by atoms with Gasteiger partial charge in [-0.05, 0) is 59.8 Å². The van der Waals surface area contributed by atoms with Crippen LogP contribution in [0.3, 0.4) is 0 Å². The molecule has 2 unspecified atom stereocenters. The molecule has 0 saturated carbocycles. The average Bonchev–Trinajstić information content (AvgIpc) is 2.25. The van der Waals surface area contributed by atoms with Gasteiger partial charge in [0.15, 0.2) is 0 Å². The first-order chi connectivity index (χ1) is 8.04. The van der Waals surface area contributed by atoms with Crippen LogP contribution in [-0.4, -0.2) is 12.6 Å². The van der Waals surface area contributed by atoms with Gasteiger partial charge in [-0.25, -0.2) is 4.39 Å². The smallest absolute Gasteiger partial charge is 0.137 e. The third kappa shape index (κ3) is 4.76. The minimum atomic E-state index is -0.172. The molecule has 0 heterocycles. The summed E-state index contributed by atoms with van der Waals surface area (Å²) < 4.78 is 14.0. The Morgan fingerprint density at radius 3 is 2.71 bits per heavy atom. The standard InChI is InChI=1S/C14H21BrFN/c1-4-17-11(3)8-10(2)9-12-6-5-7-13(16)14(12)15/h5-7,10-11,17H,4,8-9H2,1-3H3. The van der Waals surface area contributed by atoms with Crippen LogP contribution in [0.15, 0.2) is 22.7 Å². The van der Waals surface area contributed by atoms with E-state index in [0.717, 1.165) is 24.9 Å². The number of rotatable bonds is 6. The van der Waals surface area contributed by atoms with Gasteiger partial charge in [0.2, 0.25) is 0 Å². The van der Waals surface area contributed by atoms with Crippen molar-refractivity contribution in [3.8, 4) is 0 Å². The van der Waals surface area contributed by atoms with E-state index in [2.05, 4.69) is 42.0 Å². The second-order valence-electron chi connectivity index (χ2n) is 4.72. The highest BCUT2D eigenvalue weighted by molar-refractivity contribution is 9.10. The summed E-state index contributed by atoms with van der Waals surface area (Å²) in [5, 5.41) is 3.40. The van der Waals surface area contributed by atoms with Gasteiger partial charge in [-0.1, -0.05) is 26.0 Å². The summed E-state index contributed by atoms with van der Waals surface area (Å²) in [6.45, 7) is 7.52. The Kier molecular flexibility index (Phi) is 6.14. The predicted octanol–water partition coefficient (Wildman–Crippen LogP) is 4.15. The van der Waals surface area contributed by atoms with E-state index in [1.165, 1.54) is 6.07 Å². The maximum atomic E-state index is 13.4. The first-order valence-corrected chi connectivity index (χ1v) is 7.00. The lowest BCUT2D eigenvalue weighted by Crippen LogP contribution is -2.27. The number of nitrogens with one attached hydrogen (secondary N) is 1. The van der Waals surface area contributed by atoms with Gasteiger partial charge in [0.25, 0.3) is 0 Å². The average molecular weight is 302 g/mol. The number of benzene rings is 1. The van der Waals surface area contributed by atoms with Gasteiger partial charge in [0.05, 0.1) is 4.47 Å². The molecule has 0 aliphatic heterocycles. The molecule has 1 rings (SSSR count). The van der Waals surface area contributed by atoms with Crippen molar-refractivity contribution in [1.82, 2.24) is 5.32 Å². The number of hydrogen-bond acceptors (Lipinski definition) is 1. The fourth-order valence-corrected chi connectivity index (χ4v) is 2.63. The van der Waals surface area contributed by atoms with Gasteiger partial charge in [-0.2, -0.15) is 0 Å². The molecule has 0 saturated heterocycles. The van der Waals surface area contributed by atoms with Gasteiger partial charge >= 0.3 is 0 Å². The van der Waals surface area contributed by atoms with E-state index in [9.17, 15) is 4.39 Å². The molecule has 0 spiro atoms. The molecule has 0 radical (unpaired) electrons. The summed E-state index contributed by atoms with van der Waals surface area (Å²) >= 11 is 3.32. The Balaban J connectivity index is 2.56. The van der Waals surface area contributed by atoms with Crippen molar-refractivity contribution in [1.29, 1.82) is 0 Å². The third-order valence-electron chi connectivity index (χ3n) is 2.91. The molecule has 0 fully saturated rings. The zero-order valence-corrected chi connectivity index (χ0v) is 12.3. The lowest BCUT2D eigenvalue weighted by molar-refractivity contribution is 0.425. The van der Waals surface area contributed by atoms with Crippen molar-refractivity contribution in [2.45, 2.75) is 39.7 Å². The summed E-state index contributed by atoms with van der Waals surface area (Å²) in [7, 11) is 0. The normalized spacial score (nSPS) is 14.6. The molecular formula is C14H21BrFN. The highest BCUT2D eigenvalue weighted by Crippen LogP contribution is 2.24. The zero-order valence-electron chi connectivity index (χ0n) is 10.8. The van der Waals surface area contributed by atoms with Crippen molar-refractivity contribution >= 4 is 15.9 Å². The van der Waals surface area contributed by atoms with Crippen LogP contribution in [0.4, 0.5) is 4.39 Å². The third-order valence-corrected chi connectivity index (χ3v) is 3.80. The van der Waals surface area contributed by atoms with Crippen molar-refractivity contribution in [2.75, 3.05) is 6.54 Å². The molecule has 0 aliphatic rings. The van der Waals surface area contributed by atoms with Gasteiger partial charge in [-0.3, -0.25) is 0 Å². The van der Waals surface area contributed by atoms with Gasteiger partial charge in [0, 0.05) is 6.04 Å². The summed E-state index contributed by atoms with van der Waals surface area (Å²) in [4.78, 5) is 0. The lowest BCUT2D eigenvalue weighted by atomic mass is 9.95. The molecular weight excluding hydrogens is 281 g/mol. The zero-order chi connectivity index (χ0) is 12.8. The molecule has 1 aromatic carbocycles. The molecule has 0 aromatic heterocycles. The van der Waals surface area contributed by atoms with Crippen LogP contribution in [0.1, 0.15) is 32.8 Å². The first-order valence-electron chi connectivity index (χ1n) is 6.20.